The predicted octanol–water partition coefficient (Wildman–Crippen LogP) is 2.10. The molecule has 0 saturated heterocycles. The van der Waals surface area contributed by atoms with E-state index in [4.69, 9.17) is 14.2 Å². The molecular weight excluding hydrogens is 284 g/mol. The maximum absolute atomic E-state index is 12.8. The van der Waals surface area contributed by atoms with Crippen LogP contribution in [0.3, 0.4) is 0 Å². The summed E-state index contributed by atoms with van der Waals surface area (Å²) in [4.78, 5) is 12.8. The first-order valence-electron chi connectivity index (χ1n) is 6.80. The summed E-state index contributed by atoms with van der Waals surface area (Å²) in [6.07, 6.45) is 0. The Kier molecular flexibility index (Phi) is 3.48. The summed E-state index contributed by atoms with van der Waals surface area (Å²) >= 11 is 0. The molecule has 0 saturated carbocycles. The second kappa shape index (κ2) is 5.21. The van der Waals surface area contributed by atoms with Gasteiger partial charge in [0.1, 0.15) is 5.75 Å². The van der Waals surface area contributed by atoms with Gasteiger partial charge in [-0.15, -0.1) is 0 Å². The van der Waals surface area contributed by atoms with Crippen molar-refractivity contribution in [3.63, 3.8) is 0 Å². The molecule has 3 rings (SSSR count). The summed E-state index contributed by atoms with van der Waals surface area (Å²) in [7, 11) is 2.60. The number of hydrogen-bond acceptors (Lipinski definition) is 5. The average Bonchev–Trinajstić information content (AvgIpc) is 2.59. The molecule has 2 aromatic carbocycles. The Hall–Kier alpha value is -2.21. The normalized spacial score (nSPS) is 27.1. The minimum Gasteiger partial charge on any atom is -0.451 e. The molecule has 5 nitrogen and oxygen atoms in total. The molecule has 0 fully saturated rings. The lowest BCUT2D eigenvalue weighted by molar-refractivity contribution is -0.346. The SMILES string of the molecule is CO[C@]1(c2ccccc2)Oc2ccccc2C(=O)[C@@]1(O)OC. The number of aliphatic hydroxyl groups is 1. The van der Waals surface area contributed by atoms with Crippen molar-refractivity contribution in [2.45, 2.75) is 11.6 Å². The zero-order chi connectivity index (χ0) is 15.8. The van der Waals surface area contributed by atoms with Gasteiger partial charge < -0.3 is 19.3 Å². The van der Waals surface area contributed by atoms with Crippen molar-refractivity contribution in [2.24, 2.45) is 0 Å². The third kappa shape index (κ3) is 1.80. The van der Waals surface area contributed by atoms with E-state index in [1.807, 2.05) is 6.07 Å². The standard InChI is InChI=1S/C17H16O5/c1-20-16(19)15(18)13-10-6-7-11-14(13)22-17(16,21-2)12-8-4-3-5-9-12/h3-11,19H,1-2H3/t16-,17-/m1/s1. The third-order valence-corrected chi connectivity index (χ3v) is 3.88. The molecule has 0 aromatic heterocycles. The molecule has 1 heterocycles. The minimum atomic E-state index is -2.29. The minimum absolute atomic E-state index is 0.246. The molecule has 0 unspecified atom stereocenters. The number of carbonyl (C=O) groups is 1. The first-order chi connectivity index (χ1) is 10.6. The van der Waals surface area contributed by atoms with Crippen LogP contribution >= 0.6 is 0 Å². The highest BCUT2D eigenvalue weighted by Crippen LogP contribution is 2.46. The van der Waals surface area contributed by atoms with Crippen molar-refractivity contribution in [3.05, 3.63) is 65.7 Å². The van der Waals surface area contributed by atoms with E-state index >= 15 is 0 Å². The number of carbonyl (C=O) groups excluding carboxylic acids is 1. The number of benzene rings is 2. The van der Waals surface area contributed by atoms with Gasteiger partial charge >= 0.3 is 5.79 Å². The van der Waals surface area contributed by atoms with E-state index in [-0.39, 0.29) is 5.56 Å². The molecule has 1 N–H and O–H groups in total. The van der Waals surface area contributed by atoms with Gasteiger partial charge in [0, 0.05) is 19.8 Å². The van der Waals surface area contributed by atoms with Gasteiger partial charge in [-0.05, 0) is 12.1 Å². The summed E-state index contributed by atoms with van der Waals surface area (Å²) in [5, 5.41) is 10.9. The van der Waals surface area contributed by atoms with Gasteiger partial charge in [0.2, 0.25) is 5.78 Å². The third-order valence-electron chi connectivity index (χ3n) is 3.88. The van der Waals surface area contributed by atoms with Crippen LogP contribution in [0.4, 0.5) is 0 Å². The fourth-order valence-corrected chi connectivity index (χ4v) is 2.74. The van der Waals surface area contributed by atoms with E-state index in [9.17, 15) is 9.90 Å². The highest BCUT2D eigenvalue weighted by atomic mass is 16.8. The topological polar surface area (TPSA) is 65.0 Å². The second-order valence-corrected chi connectivity index (χ2v) is 4.96. The molecule has 5 heteroatoms. The van der Waals surface area contributed by atoms with E-state index in [0.29, 0.717) is 11.3 Å². The number of fused-ring (bicyclic) bond motifs is 1. The number of para-hydroxylation sites is 1. The Morgan fingerprint density at radius 3 is 2.23 bits per heavy atom. The zero-order valence-corrected chi connectivity index (χ0v) is 12.3. The van der Waals surface area contributed by atoms with Gasteiger partial charge in [-0.3, -0.25) is 4.79 Å². The molecule has 1 aliphatic rings. The highest BCUT2D eigenvalue weighted by molar-refractivity contribution is 6.05. The van der Waals surface area contributed by atoms with Gasteiger partial charge in [0.05, 0.1) is 5.56 Å². The monoisotopic (exact) mass is 300 g/mol. The smallest absolute Gasteiger partial charge is 0.304 e. The van der Waals surface area contributed by atoms with E-state index in [0.717, 1.165) is 0 Å². The van der Waals surface area contributed by atoms with E-state index in [1.54, 1.807) is 48.5 Å². The van der Waals surface area contributed by atoms with Crippen molar-refractivity contribution in [3.8, 4) is 5.75 Å². The van der Waals surface area contributed by atoms with Crippen LogP contribution in [-0.4, -0.2) is 30.9 Å². The van der Waals surface area contributed by atoms with Gasteiger partial charge in [-0.2, -0.15) is 0 Å². The van der Waals surface area contributed by atoms with Gasteiger partial charge in [-0.25, -0.2) is 0 Å². The maximum atomic E-state index is 12.8. The molecule has 0 aliphatic carbocycles. The summed E-state index contributed by atoms with van der Waals surface area (Å²) in [5.74, 6) is -4.35. The first-order valence-corrected chi connectivity index (χ1v) is 6.80. The molecule has 0 spiro atoms. The zero-order valence-electron chi connectivity index (χ0n) is 12.3. The van der Waals surface area contributed by atoms with Crippen LogP contribution in [0.25, 0.3) is 0 Å². The van der Waals surface area contributed by atoms with Crippen LogP contribution in [-0.2, 0) is 15.3 Å². The van der Waals surface area contributed by atoms with Gasteiger partial charge in [-0.1, -0.05) is 42.5 Å². The van der Waals surface area contributed by atoms with Gasteiger partial charge in [0.15, 0.2) is 0 Å². The Morgan fingerprint density at radius 2 is 1.59 bits per heavy atom. The van der Waals surface area contributed by atoms with E-state index < -0.39 is 17.4 Å². The lowest BCUT2D eigenvalue weighted by Crippen LogP contribution is -2.64. The molecular formula is C17H16O5. The Bertz CT molecular complexity index is 699. The molecule has 2 aromatic rings. The van der Waals surface area contributed by atoms with E-state index in [1.165, 1.54) is 14.2 Å². The van der Waals surface area contributed by atoms with E-state index in [2.05, 4.69) is 0 Å². The number of ether oxygens (including phenoxy) is 3. The van der Waals surface area contributed by atoms with Crippen molar-refractivity contribution < 1.29 is 24.1 Å². The van der Waals surface area contributed by atoms with Crippen LogP contribution in [0.2, 0.25) is 0 Å². The van der Waals surface area contributed by atoms with Crippen LogP contribution in [0.1, 0.15) is 15.9 Å². The number of rotatable bonds is 3. The van der Waals surface area contributed by atoms with Crippen molar-refractivity contribution in [1.82, 2.24) is 0 Å². The predicted molar refractivity (Wildman–Crippen MR) is 78.5 cm³/mol. The second-order valence-electron chi connectivity index (χ2n) is 4.96. The number of hydrogen-bond donors (Lipinski definition) is 1. The largest absolute Gasteiger partial charge is 0.451 e. The average molecular weight is 300 g/mol. The summed E-state index contributed by atoms with van der Waals surface area (Å²) < 4.78 is 16.6. The van der Waals surface area contributed by atoms with Crippen molar-refractivity contribution in [1.29, 1.82) is 0 Å². The van der Waals surface area contributed by atoms with Crippen molar-refractivity contribution in [2.75, 3.05) is 14.2 Å². The molecule has 22 heavy (non-hydrogen) atoms. The Balaban J connectivity index is 2.27. The number of methoxy groups -OCH3 is 2. The number of Topliss-reactive ketones (excluding diaryl/α,β-unsaturated/α-hetero) is 1. The summed E-state index contributed by atoms with van der Waals surface area (Å²) in [5.41, 5.74) is 0.722. The number of ketones is 1. The molecule has 0 radical (unpaired) electrons. The van der Waals surface area contributed by atoms with Crippen LogP contribution in [0, 0.1) is 0 Å². The molecule has 114 valence electrons. The highest BCUT2D eigenvalue weighted by Gasteiger charge is 2.64. The Morgan fingerprint density at radius 1 is 0.955 bits per heavy atom. The first kappa shape index (κ1) is 14.7. The lowest BCUT2D eigenvalue weighted by atomic mass is 9.86. The maximum Gasteiger partial charge on any atom is 0.304 e. The van der Waals surface area contributed by atoms with Crippen LogP contribution < -0.4 is 4.74 Å². The molecule has 0 amide bonds. The summed E-state index contributed by atoms with van der Waals surface area (Å²) in [6, 6.07) is 15.4. The molecule has 2 atom stereocenters. The van der Waals surface area contributed by atoms with Gasteiger partial charge in [0.25, 0.3) is 5.79 Å². The fourth-order valence-electron chi connectivity index (χ4n) is 2.74. The van der Waals surface area contributed by atoms with Crippen molar-refractivity contribution >= 4 is 5.78 Å². The Labute approximate surface area is 128 Å². The quantitative estimate of drug-likeness (QED) is 0.879. The van der Waals surface area contributed by atoms with Crippen LogP contribution in [0.15, 0.2) is 54.6 Å². The molecule has 0 bridgehead atoms. The lowest BCUT2D eigenvalue weighted by Gasteiger charge is -2.46. The fraction of sp³-hybridized carbons (Fsp3) is 0.235. The summed E-state index contributed by atoms with van der Waals surface area (Å²) in [6.45, 7) is 0. The molecule has 1 aliphatic heterocycles. The van der Waals surface area contributed by atoms with Crippen LogP contribution in [0.5, 0.6) is 5.75 Å².